The molecule has 0 saturated heterocycles. The lowest BCUT2D eigenvalue weighted by atomic mass is 9.95. The van der Waals surface area contributed by atoms with Crippen LogP contribution < -0.4 is 0 Å². The van der Waals surface area contributed by atoms with E-state index in [2.05, 4.69) is 4.98 Å². The van der Waals surface area contributed by atoms with Crippen molar-refractivity contribution in [1.29, 1.82) is 0 Å². The van der Waals surface area contributed by atoms with Crippen LogP contribution in [0.5, 0.6) is 0 Å². The highest BCUT2D eigenvalue weighted by Gasteiger charge is 2.31. The second-order valence-corrected chi connectivity index (χ2v) is 5.20. The fourth-order valence-corrected chi connectivity index (χ4v) is 2.50. The largest absolute Gasteiger partial charge is 0.335 e. The fourth-order valence-electron chi connectivity index (χ4n) is 2.50. The van der Waals surface area contributed by atoms with E-state index >= 15 is 0 Å². The van der Waals surface area contributed by atoms with E-state index in [0.717, 1.165) is 12.4 Å². The minimum Gasteiger partial charge on any atom is -0.335 e. The second-order valence-electron chi connectivity index (χ2n) is 5.20. The summed E-state index contributed by atoms with van der Waals surface area (Å²) in [6, 6.07) is -0.205. The van der Waals surface area contributed by atoms with Gasteiger partial charge in [-0.3, -0.25) is 4.79 Å². The number of amides is 1. The summed E-state index contributed by atoms with van der Waals surface area (Å²) in [7, 11) is 0. The van der Waals surface area contributed by atoms with Gasteiger partial charge in [0.05, 0.1) is 6.54 Å². The number of alkyl halides is 2. The molecule has 0 bridgehead atoms. The topological polar surface area (TPSA) is 38.1 Å². The van der Waals surface area contributed by atoms with Crippen LogP contribution in [0, 0.1) is 5.92 Å². The van der Waals surface area contributed by atoms with Gasteiger partial charge in [0.1, 0.15) is 5.82 Å². The molecule has 0 aromatic carbocycles. The molecule has 19 heavy (non-hydrogen) atoms. The number of imidazole rings is 1. The highest BCUT2D eigenvalue weighted by atomic mass is 19.3. The maximum Gasteiger partial charge on any atom is 0.255 e. The van der Waals surface area contributed by atoms with E-state index in [1.807, 2.05) is 10.8 Å². The molecule has 6 heteroatoms. The van der Waals surface area contributed by atoms with Crippen LogP contribution in [0.2, 0.25) is 0 Å². The minimum atomic E-state index is -2.49. The molecule has 1 aliphatic rings. The van der Waals surface area contributed by atoms with Crippen LogP contribution in [0.15, 0.2) is 12.4 Å². The van der Waals surface area contributed by atoms with Gasteiger partial charge < -0.3 is 9.47 Å². The first-order valence-corrected chi connectivity index (χ1v) is 6.57. The average Bonchev–Trinajstić information content (AvgIpc) is 2.81. The van der Waals surface area contributed by atoms with Crippen molar-refractivity contribution in [3.05, 3.63) is 18.2 Å². The Labute approximate surface area is 111 Å². The number of nitrogens with zero attached hydrogens (tertiary/aromatic N) is 3. The van der Waals surface area contributed by atoms with Crippen molar-refractivity contribution in [3.63, 3.8) is 0 Å². The predicted molar refractivity (Wildman–Crippen MR) is 66.9 cm³/mol. The molecule has 0 N–H and O–H groups in total. The normalized spacial score (nSPS) is 18.7. The van der Waals surface area contributed by atoms with Crippen LogP contribution in [0.4, 0.5) is 8.78 Å². The first kappa shape index (κ1) is 14.0. The predicted octanol–water partition coefficient (Wildman–Crippen LogP) is 1.95. The Morgan fingerprint density at radius 2 is 2.32 bits per heavy atom. The maximum absolute atomic E-state index is 12.6. The third-order valence-corrected chi connectivity index (χ3v) is 3.54. The van der Waals surface area contributed by atoms with Gasteiger partial charge in [0.25, 0.3) is 6.43 Å². The number of carbonyl (C=O) groups excluding carboxylic acids is 1. The van der Waals surface area contributed by atoms with E-state index in [-0.39, 0.29) is 17.9 Å². The quantitative estimate of drug-likeness (QED) is 0.839. The molecule has 1 aromatic heterocycles. The molecule has 2 rings (SSSR count). The number of halogens is 2. The monoisotopic (exact) mass is 271 g/mol. The van der Waals surface area contributed by atoms with Gasteiger partial charge in [-0.05, 0) is 20.3 Å². The van der Waals surface area contributed by atoms with E-state index in [4.69, 9.17) is 0 Å². The van der Waals surface area contributed by atoms with E-state index in [0.29, 0.717) is 12.8 Å². The summed E-state index contributed by atoms with van der Waals surface area (Å²) in [6.07, 6.45) is 2.33. The van der Waals surface area contributed by atoms with Crippen molar-refractivity contribution in [2.24, 2.45) is 5.92 Å². The highest BCUT2D eigenvalue weighted by molar-refractivity contribution is 5.79. The summed E-state index contributed by atoms with van der Waals surface area (Å²) in [5.41, 5.74) is 0. The van der Waals surface area contributed by atoms with Gasteiger partial charge in [-0.15, -0.1) is 0 Å². The molecule has 4 nitrogen and oxygen atoms in total. The van der Waals surface area contributed by atoms with Crippen molar-refractivity contribution in [2.45, 2.75) is 45.7 Å². The molecule has 1 aromatic rings. The summed E-state index contributed by atoms with van der Waals surface area (Å²) in [4.78, 5) is 17.8. The highest BCUT2D eigenvalue weighted by Crippen LogP contribution is 2.22. The number of carbonyl (C=O) groups is 1. The lowest BCUT2D eigenvalue weighted by Gasteiger charge is -2.32. The van der Waals surface area contributed by atoms with Gasteiger partial charge in [-0.25, -0.2) is 13.8 Å². The molecule has 0 unspecified atom stereocenters. The molecule has 0 saturated carbocycles. The summed E-state index contributed by atoms with van der Waals surface area (Å²) in [5.74, 6) is 0.464. The lowest BCUT2D eigenvalue weighted by molar-refractivity contribution is -0.140. The molecule has 0 fully saturated rings. The summed E-state index contributed by atoms with van der Waals surface area (Å²) in [6.45, 7) is 3.78. The van der Waals surface area contributed by atoms with E-state index in [1.54, 1.807) is 20.0 Å². The Balaban J connectivity index is 2.06. The number of hydrogen-bond donors (Lipinski definition) is 0. The van der Waals surface area contributed by atoms with Gasteiger partial charge in [-0.1, -0.05) is 0 Å². The molecule has 0 radical (unpaired) electrons. The summed E-state index contributed by atoms with van der Waals surface area (Å²) >= 11 is 0. The second kappa shape index (κ2) is 5.67. The standard InChI is InChI=1S/C13H19F2N3O/c1-9(2)18(8-11(14)15)13(19)10-3-5-17-6-4-16-12(17)7-10/h4,6,9-11H,3,5,7-8H2,1-2H3/t10-/m0/s1. The first-order valence-electron chi connectivity index (χ1n) is 6.57. The van der Waals surface area contributed by atoms with Crippen LogP contribution in [0.3, 0.4) is 0 Å². The molecule has 1 amide bonds. The zero-order valence-electron chi connectivity index (χ0n) is 11.2. The number of hydrogen-bond acceptors (Lipinski definition) is 2. The minimum absolute atomic E-state index is 0.176. The molecule has 0 spiro atoms. The zero-order valence-corrected chi connectivity index (χ0v) is 11.2. The van der Waals surface area contributed by atoms with Crippen LogP contribution in [-0.2, 0) is 17.8 Å². The average molecular weight is 271 g/mol. The van der Waals surface area contributed by atoms with Crippen LogP contribution in [0.25, 0.3) is 0 Å². The van der Waals surface area contributed by atoms with Crippen molar-refractivity contribution in [1.82, 2.24) is 14.5 Å². The number of aromatic nitrogens is 2. The Morgan fingerprint density at radius 1 is 1.58 bits per heavy atom. The molecule has 2 heterocycles. The molecule has 1 atom stereocenters. The summed E-state index contributed by atoms with van der Waals surface area (Å²) < 4.78 is 27.1. The van der Waals surface area contributed by atoms with Crippen LogP contribution in [0.1, 0.15) is 26.1 Å². The van der Waals surface area contributed by atoms with Gasteiger partial charge >= 0.3 is 0 Å². The number of aryl methyl sites for hydroxylation is 1. The number of fused-ring (bicyclic) bond motifs is 1. The Hall–Kier alpha value is -1.46. The molecule has 1 aliphatic heterocycles. The fraction of sp³-hybridized carbons (Fsp3) is 0.692. The SMILES string of the molecule is CC(C)N(CC(F)F)C(=O)[C@H]1CCn2ccnc2C1. The van der Waals surface area contributed by atoms with Crippen molar-refractivity contribution < 1.29 is 13.6 Å². The van der Waals surface area contributed by atoms with Gasteiger partial charge in [0.15, 0.2) is 0 Å². The third kappa shape index (κ3) is 3.11. The smallest absolute Gasteiger partial charge is 0.255 e. The van der Waals surface area contributed by atoms with Crippen molar-refractivity contribution >= 4 is 5.91 Å². The summed E-state index contributed by atoms with van der Waals surface area (Å²) in [5, 5.41) is 0. The zero-order chi connectivity index (χ0) is 14.0. The van der Waals surface area contributed by atoms with Gasteiger partial charge in [0.2, 0.25) is 5.91 Å². The van der Waals surface area contributed by atoms with E-state index in [9.17, 15) is 13.6 Å². The van der Waals surface area contributed by atoms with E-state index < -0.39 is 13.0 Å². The maximum atomic E-state index is 12.6. The Bertz CT molecular complexity index is 445. The molecular formula is C13H19F2N3O. The third-order valence-electron chi connectivity index (χ3n) is 3.54. The van der Waals surface area contributed by atoms with Crippen molar-refractivity contribution in [2.75, 3.05) is 6.54 Å². The van der Waals surface area contributed by atoms with Gasteiger partial charge in [-0.2, -0.15) is 0 Å². The van der Waals surface area contributed by atoms with E-state index in [1.165, 1.54) is 4.90 Å². The molecular weight excluding hydrogens is 252 g/mol. The first-order chi connectivity index (χ1) is 8.99. The molecule has 0 aliphatic carbocycles. The number of rotatable bonds is 4. The Kier molecular flexibility index (Phi) is 4.17. The Morgan fingerprint density at radius 3 is 2.95 bits per heavy atom. The molecule has 106 valence electrons. The van der Waals surface area contributed by atoms with Crippen molar-refractivity contribution in [3.8, 4) is 0 Å². The van der Waals surface area contributed by atoms with Gasteiger partial charge in [0, 0.05) is 37.3 Å². The van der Waals surface area contributed by atoms with Crippen LogP contribution in [-0.4, -0.2) is 39.4 Å². The lowest BCUT2D eigenvalue weighted by Crippen LogP contribution is -2.45. The van der Waals surface area contributed by atoms with Crippen LogP contribution >= 0.6 is 0 Å².